The van der Waals surface area contributed by atoms with Crippen LogP contribution in [0.1, 0.15) is 52.9 Å². The molecule has 0 unspecified atom stereocenters. The summed E-state index contributed by atoms with van der Waals surface area (Å²) >= 11 is 0. The topological polar surface area (TPSA) is 52.6 Å². The van der Waals surface area contributed by atoms with E-state index in [0.717, 1.165) is 25.7 Å². The lowest BCUT2D eigenvalue weighted by molar-refractivity contribution is -0.158. The Morgan fingerprint density at radius 1 is 1.17 bits per heavy atom. The van der Waals surface area contributed by atoms with E-state index >= 15 is 0 Å². The Kier molecular flexibility index (Phi) is 5.17. The molecule has 0 aromatic carbocycles. The number of hydrogen-bond acceptors (Lipinski definition) is 4. The number of hydrogen-bond donors (Lipinski definition) is 0. The van der Waals surface area contributed by atoms with Gasteiger partial charge in [-0.15, -0.1) is 0 Å². The molecule has 0 aromatic heterocycles. The molecule has 1 fully saturated rings. The van der Waals surface area contributed by atoms with Crippen molar-refractivity contribution >= 4 is 11.9 Å². The second-order valence-corrected chi connectivity index (χ2v) is 5.96. The van der Waals surface area contributed by atoms with Gasteiger partial charge in [-0.05, 0) is 39.5 Å². The zero-order valence-electron chi connectivity index (χ0n) is 11.8. The third kappa shape index (κ3) is 4.67. The van der Waals surface area contributed by atoms with Gasteiger partial charge in [-0.25, -0.2) is 0 Å². The fourth-order valence-electron chi connectivity index (χ4n) is 2.51. The summed E-state index contributed by atoms with van der Waals surface area (Å²) in [7, 11) is 1.40. The molecule has 0 radical (unpaired) electrons. The standard InChI is InChI=1S/C14H24O4/c1-14(2,3)18-12(15)9-10-7-5-6-8-11(10)13(16)17-4/h10-11H,5-9H2,1-4H3/t10-,11+/m1/s1. The van der Waals surface area contributed by atoms with Crippen LogP contribution in [0, 0.1) is 11.8 Å². The summed E-state index contributed by atoms with van der Waals surface area (Å²) in [5, 5.41) is 0. The zero-order valence-corrected chi connectivity index (χ0v) is 11.8. The zero-order chi connectivity index (χ0) is 13.8. The van der Waals surface area contributed by atoms with Gasteiger partial charge >= 0.3 is 11.9 Å². The van der Waals surface area contributed by atoms with Crippen LogP contribution >= 0.6 is 0 Å². The molecule has 0 aliphatic heterocycles. The molecule has 4 nitrogen and oxygen atoms in total. The van der Waals surface area contributed by atoms with E-state index in [1.165, 1.54) is 7.11 Å². The van der Waals surface area contributed by atoms with Crippen LogP contribution in [0.15, 0.2) is 0 Å². The van der Waals surface area contributed by atoms with E-state index in [1.807, 2.05) is 20.8 Å². The van der Waals surface area contributed by atoms with Crippen molar-refractivity contribution < 1.29 is 19.1 Å². The Labute approximate surface area is 109 Å². The number of methoxy groups -OCH3 is 1. The molecule has 0 heterocycles. The minimum atomic E-state index is -0.466. The molecular formula is C14H24O4. The molecule has 1 rings (SSSR count). The van der Waals surface area contributed by atoms with E-state index in [2.05, 4.69) is 0 Å². The van der Waals surface area contributed by atoms with Gasteiger partial charge in [-0.3, -0.25) is 9.59 Å². The minimum absolute atomic E-state index is 0.0704. The molecule has 0 N–H and O–H groups in total. The SMILES string of the molecule is COC(=O)[C@H]1CCCC[C@@H]1CC(=O)OC(C)(C)C. The normalized spacial score (nSPS) is 24.4. The van der Waals surface area contributed by atoms with Gasteiger partial charge < -0.3 is 9.47 Å². The molecule has 0 amide bonds. The lowest BCUT2D eigenvalue weighted by Gasteiger charge is -2.29. The van der Waals surface area contributed by atoms with E-state index in [0.29, 0.717) is 6.42 Å². The Balaban J connectivity index is 2.57. The van der Waals surface area contributed by atoms with E-state index in [1.54, 1.807) is 0 Å². The largest absolute Gasteiger partial charge is 0.469 e. The van der Waals surface area contributed by atoms with Crippen LogP contribution in [0.2, 0.25) is 0 Å². The number of ether oxygens (including phenoxy) is 2. The highest BCUT2D eigenvalue weighted by molar-refractivity contribution is 5.75. The van der Waals surface area contributed by atoms with Crippen molar-refractivity contribution in [2.75, 3.05) is 7.11 Å². The first-order valence-electron chi connectivity index (χ1n) is 6.63. The molecule has 104 valence electrons. The first-order valence-corrected chi connectivity index (χ1v) is 6.63. The third-order valence-electron chi connectivity index (χ3n) is 3.26. The van der Waals surface area contributed by atoms with Crippen LogP contribution in [0.4, 0.5) is 0 Å². The van der Waals surface area contributed by atoms with Crippen LogP contribution in [-0.2, 0) is 19.1 Å². The van der Waals surface area contributed by atoms with E-state index in [4.69, 9.17) is 9.47 Å². The number of esters is 2. The summed E-state index contributed by atoms with van der Waals surface area (Å²) in [4.78, 5) is 23.5. The van der Waals surface area contributed by atoms with Gasteiger partial charge in [-0.2, -0.15) is 0 Å². The molecule has 4 heteroatoms. The average Bonchev–Trinajstić information content (AvgIpc) is 2.26. The van der Waals surface area contributed by atoms with Gasteiger partial charge in [0.25, 0.3) is 0 Å². The maximum atomic E-state index is 11.8. The van der Waals surface area contributed by atoms with Crippen LogP contribution in [0.5, 0.6) is 0 Å². The maximum Gasteiger partial charge on any atom is 0.308 e. The Hall–Kier alpha value is -1.06. The third-order valence-corrected chi connectivity index (χ3v) is 3.26. The minimum Gasteiger partial charge on any atom is -0.469 e. The molecule has 2 atom stereocenters. The van der Waals surface area contributed by atoms with Gasteiger partial charge in [0.1, 0.15) is 5.60 Å². The van der Waals surface area contributed by atoms with Crippen molar-refractivity contribution in [3.05, 3.63) is 0 Å². The summed E-state index contributed by atoms with van der Waals surface area (Å²) in [6.07, 6.45) is 4.14. The molecular weight excluding hydrogens is 232 g/mol. The van der Waals surface area contributed by atoms with Crippen molar-refractivity contribution in [3.63, 3.8) is 0 Å². The Bertz CT molecular complexity index is 303. The summed E-state index contributed by atoms with van der Waals surface area (Å²) in [6, 6.07) is 0. The van der Waals surface area contributed by atoms with Gasteiger partial charge in [0.15, 0.2) is 0 Å². The summed E-state index contributed by atoms with van der Waals surface area (Å²) in [6.45, 7) is 5.55. The molecule has 0 aromatic rings. The van der Waals surface area contributed by atoms with Crippen molar-refractivity contribution in [2.24, 2.45) is 11.8 Å². The number of carbonyl (C=O) groups is 2. The van der Waals surface area contributed by atoms with Crippen LogP contribution in [-0.4, -0.2) is 24.6 Å². The van der Waals surface area contributed by atoms with E-state index in [9.17, 15) is 9.59 Å². The predicted molar refractivity (Wildman–Crippen MR) is 67.9 cm³/mol. The fourth-order valence-corrected chi connectivity index (χ4v) is 2.51. The van der Waals surface area contributed by atoms with Crippen molar-refractivity contribution in [1.82, 2.24) is 0 Å². The second-order valence-electron chi connectivity index (χ2n) is 5.96. The van der Waals surface area contributed by atoms with Gasteiger partial charge in [0, 0.05) is 6.42 Å². The Morgan fingerprint density at radius 3 is 2.33 bits per heavy atom. The first-order chi connectivity index (χ1) is 8.33. The molecule has 0 bridgehead atoms. The molecule has 1 aliphatic rings. The molecule has 18 heavy (non-hydrogen) atoms. The van der Waals surface area contributed by atoms with Gasteiger partial charge in [-0.1, -0.05) is 12.8 Å². The molecule has 1 saturated carbocycles. The smallest absolute Gasteiger partial charge is 0.308 e. The predicted octanol–water partition coefficient (Wildman–Crippen LogP) is 2.70. The van der Waals surface area contributed by atoms with Gasteiger partial charge in [0.05, 0.1) is 13.0 Å². The maximum absolute atomic E-state index is 11.8. The summed E-state index contributed by atoms with van der Waals surface area (Å²) in [5.41, 5.74) is -0.466. The van der Waals surface area contributed by atoms with Crippen molar-refractivity contribution in [1.29, 1.82) is 0 Å². The lowest BCUT2D eigenvalue weighted by Crippen LogP contribution is -2.32. The highest BCUT2D eigenvalue weighted by Crippen LogP contribution is 2.33. The highest BCUT2D eigenvalue weighted by Gasteiger charge is 2.34. The number of carbonyl (C=O) groups excluding carboxylic acids is 2. The van der Waals surface area contributed by atoms with Crippen LogP contribution < -0.4 is 0 Å². The van der Waals surface area contributed by atoms with E-state index < -0.39 is 5.60 Å². The highest BCUT2D eigenvalue weighted by atomic mass is 16.6. The summed E-state index contributed by atoms with van der Waals surface area (Å²) in [5.74, 6) is -0.483. The fraction of sp³-hybridized carbons (Fsp3) is 0.857. The molecule has 0 spiro atoms. The molecule has 1 aliphatic carbocycles. The van der Waals surface area contributed by atoms with Crippen LogP contribution in [0.3, 0.4) is 0 Å². The van der Waals surface area contributed by atoms with Crippen LogP contribution in [0.25, 0.3) is 0 Å². The average molecular weight is 256 g/mol. The lowest BCUT2D eigenvalue weighted by atomic mass is 9.77. The first kappa shape index (κ1) is 15.0. The molecule has 0 saturated heterocycles. The Morgan fingerprint density at radius 2 is 1.78 bits per heavy atom. The number of rotatable bonds is 3. The summed E-state index contributed by atoms with van der Waals surface area (Å²) < 4.78 is 10.1. The quantitative estimate of drug-likeness (QED) is 0.728. The van der Waals surface area contributed by atoms with E-state index in [-0.39, 0.29) is 23.8 Å². The van der Waals surface area contributed by atoms with Crippen molar-refractivity contribution in [3.8, 4) is 0 Å². The van der Waals surface area contributed by atoms with Crippen molar-refractivity contribution in [2.45, 2.75) is 58.5 Å². The second kappa shape index (κ2) is 6.21. The monoisotopic (exact) mass is 256 g/mol. The van der Waals surface area contributed by atoms with Gasteiger partial charge in [0.2, 0.25) is 0 Å².